The van der Waals surface area contributed by atoms with Gasteiger partial charge in [-0.15, -0.1) is 0 Å². The van der Waals surface area contributed by atoms with Crippen LogP contribution in [0.3, 0.4) is 0 Å². The summed E-state index contributed by atoms with van der Waals surface area (Å²) in [6.07, 6.45) is 2.74. The summed E-state index contributed by atoms with van der Waals surface area (Å²) in [6.45, 7) is 11.7. The van der Waals surface area contributed by atoms with Crippen molar-refractivity contribution in [3.05, 3.63) is 29.8 Å². The second-order valence-corrected chi connectivity index (χ2v) is 14.9. The van der Waals surface area contributed by atoms with Crippen LogP contribution in [0, 0.1) is 23.2 Å². The van der Waals surface area contributed by atoms with E-state index in [1.807, 2.05) is 6.07 Å². The molecule has 0 saturated heterocycles. The Morgan fingerprint density at radius 2 is 1.74 bits per heavy atom. The third-order valence-corrected chi connectivity index (χ3v) is 11.1. The smallest absolute Gasteiger partial charge is 0.323 e. The lowest BCUT2D eigenvalue weighted by atomic mass is 9.85. The number of methoxy groups -OCH3 is 2. The van der Waals surface area contributed by atoms with Crippen molar-refractivity contribution in [1.82, 2.24) is 5.32 Å². The number of hydrogen-bond donors (Lipinski definition) is 1. The Hall–Kier alpha value is -2.70. The summed E-state index contributed by atoms with van der Waals surface area (Å²) in [5.41, 5.74) is 0.228. The molecule has 0 aliphatic heterocycles. The van der Waals surface area contributed by atoms with Gasteiger partial charge >= 0.3 is 5.97 Å². The SMILES string of the molecule is COC(=O)C(C#N)[C@H](CCCCCO[Si](C)(C)C(C)(C)C)CC(=O)NC(=O)c1ccccc1OC. The van der Waals surface area contributed by atoms with Crippen molar-refractivity contribution < 1.29 is 28.3 Å². The van der Waals surface area contributed by atoms with E-state index in [1.54, 1.807) is 24.3 Å². The molecule has 2 atom stereocenters. The van der Waals surface area contributed by atoms with E-state index in [2.05, 4.69) is 39.2 Å². The predicted octanol–water partition coefficient (Wildman–Crippen LogP) is 4.85. The number of nitrogens with one attached hydrogen (secondary N) is 1. The zero-order chi connectivity index (χ0) is 26.6. The number of carbonyl (C=O) groups is 3. The maximum atomic E-state index is 12.7. The zero-order valence-electron chi connectivity index (χ0n) is 22.1. The molecule has 1 rings (SSSR count). The van der Waals surface area contributed by atoms with Gasteiger partial charge < -0.3 is 13.9 Å². The van der Waals surface area contributed by atoms with E-state index in [9.17, 15) is 19.6 Å². The van der Waals surface area contributed by atoms with E-state index in [-0.39, 0.29) is 17.0 Å². The normalized spacial score (nSPS) is 13.3. The fraction of sp³-hybridized carbons (Fsp3) is 0.615. The Kier molecular flexibility index (Phi) is 12.1. The first-order chi connectivity index (χ1) is 16.4. The Balaban J connectivity index is 2.73. The molecule has 194 valence electrons. The molecule has 1 unspecified atom stereocenters. The summed E-state index contributed by atoms with van der Waals surface area (Å²) in [5, 5.41) is 12.1. The third-order valence-electron chi connectivity index (χ3n) is 6.61. The van der Waals surface area contributed by atoms with Crippen LogP contribution in [-0.4, -0.2) is 46.9 Å². The van der Waals surface area contributed by atoms with Gasteiger partial charge in [0.05, 0.1) is 25.9 Å². The van der Waals surface area contributed by atoms with Crippen LogP contribution in [0.2, 0.25) is 18.1 Å². The highest BCUT2D eigenvalue weighted by atomic mass is 28.4. The van der Waals surface area contributed by atoms with E-state index in [0.29, 0.717) is 25.2 Å². The van der Waals surface area contributed by atoms with Crippen LogP contribution in [0.5, 0.6) is 5.75 Å². The fourth-order valence-electron chi connectivity index (χ4n) is 3.41. The first-order valence-corrected chi connectivity index (χ1v) is 14.9. The van der Waals surface area contributed by atoms with Crippen molar-refractivity contribution in [3.8, 4) is 11.8 Å². The van der Waals surface area contributed by atoms with Crippen molar-refractivity contribution in [2.45, 2.75) is 71.0 Å². The zero-order valence-corrected chi connectivity index (χ0v) is 23.1. The van der Waals surface area contributed by atoms with Crippen LogP contribution >= 0.6 is 0 Å². The minimum Gasteiger partial charge on any atom is -0.496 e. The summed E-state index contributed by atoms with van der Waals surface area (Å²) in [5.74, 6) is -3.15. The van der Waals surface area contributed by atoms with Gasteiger partial charge in [0.1, 0.15) is 11.7 Å². The molecule has 0 fully saturated rings. The molecule has 0 aliphatic carbocycles. The molecule has 0 radical (unpaired) electrons. The molecule has 0 saturated carbocycles. The number of imide groups is 1. The largest absolute Gasteiger partial charge is 0.496 e. The van der Waals surface area contributed by atoms with Gasteiger partial charge in [0.25, 0.3) is 5.91 Å². The van der Waals surface area contributed by atoms with E-state index < -0.39 is 37.9 Å². The van der Waals surface area contributed by atoms with Crippen molar-refractivity contribution in [1.29, 1.82) is 5.26 Å². The quantitative estimate of drug-likeness (QED) is 0.232. The molecule has 9 heteroatoms. The van der Waals surface area contributed by atoms with Gasteiger partial charge in [-0.3, -0.25) is 19.7 Å². The monoisotopic (exact) mass is 504 g/mol. The number of amides is 2. The van der Waals surface area contributed by atoms with E-state index >= 15 is 0 Å². The van der Waals surface area contributed by atoms with E-state index in [0.717, 1.165) is 12.8 Å². The Bertz CT molecular complexity index is 904. The van der Waals surface area contributed by atoms with Crippen LogP contribution in [0.4, 0.5) is 0 Å². The average molecular weight is 505 g/mol. The summed E-state index contributed by atoms with van der Waals surface area (Å²) >= 11 is 0. The predicted molar refractivity (Wildman–Crippen MR) is 136 cm³/mol. The van der Waals surface area contributed by atoms with Crippen molar-refractivity contribution >= 4 is 26.1 Å². The molecule has 2 amide bonds. The second kappa shape index (κ2) is 14.0. The topological polar surface area (TPSA) is 115 Å². The first kappa shape index (κ1) is 30.3. The van der Waals surface area contributed by atoms with Crippen LogP contribution < -0.4 is 10.1 Å². The summed E-state index contributed by atoms with van der Waals surface area (Å²) in [4.78, 5) is 37.4. The average Bonchev–Trinajstić information content (AvgIpc) is 2.80. The first-order valence-electron chi connectivity index (χ1n) is 12.0. The number of unbranched alkanes of at least 4 members (excludes halogenated alkanes) is 2. The molecule has 1 N–H and O–H groups in total. The second-order valence-electron chi connectivity index (χ2n) is 10.1. The molecule has 8 nitrogen and oxygen atoms in total. The fourth-order valence-corrected chi connectivity index (χ4v) is 4.50. The summed E-state index contributed by atoms with van der Waals surface area (Å²) < 4.78 is 16.1. The highest BCUT2D eigenvalue weighted by molar-refractivity contribution is 6.74. The summed E-state index contributed by atoms with van der Waals surface area (Å²) in [6, 6.07) is 8.54. The Labute approximate surface area is 210 Å². The van der Waals surface area contributed by atoms with Crippen molar-refractivity contribution in [3.63, 3.8) is 0 Å². The number of esters is 1. The molecule has 0 aromatic heterocycles. The van der Waals surface area contributed by atoms with Crippen LogP contribution in [0.15, 0.2) is 24.3 Å². The molecule has 1 aromatic carbocycles. The van der Waals surface area contributed by atoms with Gasteiger partial charge in [-0.25, -0.2) is 0 Å². The minimum absolute atomic E-state index is 0.144. The molecule has 0 heterocycles. The van der Waals surface area contributed by atoms with Crippen LogP contribution in [-0.2, 0) is 18.8 Å². The highest BCUT2D eigenvalue weighted by Crippen LogP contribution is 2.36. The van der Waals surface area contributed by atoms with Gasteiger partial charge in [0.15, 0.2) is 8.32 Å². The Morgan fingerprint density at radius 1 is 1.09 bits per heavy atom. The van der Waals surface area contributed by atoms with Gasteiger partial charge in [-0.1, -0.05) is 45.7 Å². The van der Waals surface area contributed by atoms with Crippen molar-refractivity contribution in [2.75, 3.05) is 20.8 Å². The molecular formula is C26H40N2O6Si. The number of hydrogen-bond acceptors (Lipinski definition) is 7. The third kappa shape index (κ3) is 9.46. The number of carbonyl (C=O) groups excluding carboxylic acids is 3. The molecule has 1 aromatic rings. The van der Waals surface area contributed by atoms with Gasteiger partial charge in [-0.05, 0) is 49.0 Å². The number of ether oxygens (including phenoxy) is 2. The Morgan fingerprint density at radius 3 is 2.31 bits per heavy atom. The maximum absolute atomic E-state index is 12.7. The maximum Gasteiger partial charge on any atom is 0.323 e. The molecule has 0 bridgehead atoms. The van der Waals surface area contributed by atoms with Crippen LogP contribution in [0.1, 0.15) is 63.2 Å². The number of nitrogens with zero attached hydrogens (tertiary/aromatic N) is 1. The van der Waals surface area contributed by atoms with Gasteiger partial charge in [0, 0.05) is 13.0 Å². The minimum atomic E-state index is -1.80. The number of nitriles is 1. The van der Waals surface area contributed by atoms with E-state index in [4.69, 9.17) is 13.9 Å². The lowest BCUT2D eigenvalue weighted by Gasteiger charge is -2.36. The number of benzene rings is 1. The van der Waals surface area contributed by atoms with Gasteiger partial charge in [0.2, 0.25) is 5.91 Å². The lowest BCUT2D eigenvalue weighted by molar-refractivity contribution is -0.145. The highest BCUT2D eigenvalue weighted by Gasteiger charge is 2.37. The molecular weight excluding hydrogens is 464 g/mol. The number of rotatable bonds is 13. The van der Waals surface area contributed by atoms with E-state index in [1.165, 1.54) is 14.2 Å². The van der Waals surface area contributed by atoms with Gasteiger partial charge in [-0.2, -0.15) is 5.26 Å². The van der Waals surface area contributed by atoms with Crippen LogP contribution in [0.25, 0.3) is 0 Å². The standard InChI is InChI=1S/C26H40N2O6Si/c1-26(2,3)35(6,7)34-16-12-8-9-13-19(21(18-27)25(31)33-5)17-23(29)28-24(30)20-14-10-11-15-22(20)32-4/h10-11,14-15,19,21H,8-9,12-13,16-17H2,1-7H3,(H,28,29,30)/t19-,21?/m1/s1. The molecule has 0 aliphatic rings. The number of para-hydroxylation sites is 1. The summed E-state index contributed by atoms with van der Waals surface area (Å²) in [7, 11) is 0.854. The lowest BCUT2D eigenvalue weighted by Crippen LogP contribution is -2.40. The molecule has 0 spiro atoms. The van der Waals surface area contributed by atoms with Crippen molar-refractivity contribution in [2.24, 2.45) is 11.8 Å². The molecule has 35 heavy (non-hydrogen) atoms.